The Kier molecular flexibility index (Phi) is 12.7. The molecule has 0 bridgehead atoms. The molecule has 4 aromatic carbocycles. The fraction of sp³-hybridized carbons (Fsp3) is 0.289. The van der Waals surface area contributed by atoms with Gasteiger partial charge in [-0.1, -0.05) is 125 Å². The summed E-state index contributed by atoms with van der Waals surface area (Å²) in [5, 5.41) is 25.9. The molecule has 0 spiro atoms. The Bertz CT molecular complexity index is 2040. The zero-order valence-corrected chi connectivity index (χ0v) is 32.1. The van der Waals surface area contributed by atoms with E-state index >= 15 is 0 Å². The number of aliphatic hydroxyl groups excluding tert-OH is 1. The maximum atomic E-state index is 14.2. The zero-order valence-electron chi connectivity index (χ0n) is 32.1. The van der Waals surface area contributed by atoms with Crippen LogP contribution in [0.1, 0.15) is 59.8 Å². The van der Waals surface area contributed by atoms with Crippen molar-refractivity contribution in [1.82, 2.24) is 31.2 Å². The lowest BCUT2D eigenvalue weighted by Gasteiger charge is -2.34. The summed E-state index contributed by atoms with van der Waals surface area (Å²) in [6.07, 6.45) is -0.821. The molecule has 290 valence electrons. The number of H-pyrrole nitrogens is 2. The number of aromatic amines is 2. The first-order chi connectivity index (χ1) is 27.0. The number of fused-ring (bicyclic) bond motifs is 2. The van der Waals surface area contributed by atoms with Gasteiger partial charge in [-0.3, -0.25) is 19.2 Å². The number of hydrogen-bond acceptors (Lipinski definition) is 5. The van der Waals surface area contributed by atoms with Gasteiger partial charge in [-0.2, -0.15) is 0 Å². The fourth-order valence-corrected chi connectivity index (χ4v) is 6.98. The van der Waals surface area contributed by atoms with E-state index in [-0.39, 0.29) is 24.7 Å². The number of carbonyl (C=O) groups is 4. The number of rotatable bonds is 16. The van der Waals surface area contributed by atoms with E-state index in [9.17, 15) is 24.3 Å². The van der Waals surface area contributed by atoms with Crippen LogP contribution in [0.15, 0.2) is 121 Å². The average Bonchev–Trinajstić information content (AvgIpc) is 3.84. The van der Waals surface area contributed by atoms with Gasteiger partial charge in [0.15, 0.2) is 0 Å². The molecule has 0 saturated heterocycles. The number of hydrogen-bond donors (Lipinski definition) is 7. The van der Waals surface area contributed by atoms with Gasteiger partial charge in [0.05, 0.1) is 18.2 Å². The van der Waals surface area contributed by atoms with Gasteiger partial charge in [-0.25, -0.2) is 0 Å². The molecule has 2 heterocycles. The van der Waals surface area contributed by atoms with Crippen LogP contribution >= 0.6 is 0 Å². The van der Waals surface area contributed by atoms with Crippen LogP contribution in [0.4, 0.5) is 0 Å². The molecule has 6 aromatic rings. The van der Waals surface area contributed by atoms with Gasteiger partial charge in [-0.15, -0.1) is 0 Å². The summed E-state index contributed by atoms with van der Waals surface area (Å²) in [5.41, 5.74) is 3.97. The Morgan fingerprint density at radius 3 is 1.23 bits per heavy atom. The molecule has 11 nitrogen and oxygen atoms in total. The Morgan fingerprint density at radius 1 is 0.518 bits per heavy atom. The van der Waals surface area contributed by atoms with Crippen molar-refractivity contribution in [3.05, 3.63) is 144 Å². The van der Waals surface area contributed by atoms with Crippen LogP contribution in [0.25, 0.3) is 21.8 Å². The first-order valence-electron chi connectivity index (χ1n) is 19.1. The van der Waals surface area contributed by atoms with Gasteiger partial charge in [0.1, 0.15) is 23.5 Å². The Hall–Kier alpha value is -6.20. The summed E-state index contributed by atoms with van der Waals surface area (Å²) < 4.78 is 0. The minimum absolute atomic E-state index is 0.237. The number of aromatic nitrogens is 2. The van der Waals surface area contributed by atoms with E-state index in [4.69, 9.17) is 0 Å². The van der Waals surface area contributed by atoms with Crippen LogP contribution in [0, 0.1) is 11.8 Å². The molecule has 0 aliphatic heterocycles. The molecule has 0 unspecified atom stereocenters. The third kappa shape index (κ3) is 9.72. The smallest absolute Gasteiger partial charge is 0.268 e. The highest BCUT2D eigenvalue weighted by Crippen LogP contribution is 2.19. The first-order valence-corrected chi connectivity index (χ1v) is 19.1. The van der Waals surface area contributed by atoms with Gasteiger partial charge in [0.2, 0.25) is 11.8 Å². The Balaban J connectivity index is 1.25. The maximum Gasteiger partial charge on any atom is 0.268 e. The van der Waals surface area contributed by atoms with Crippen LogP contribution in [-0.2, 0) is 22.4 Å². The highest BCUT2D eigenvalue weighted by atomic mass is 16.3. The highest BCUT2D eigenvalue weighted by molar-refractivity contribution is 6.01. The lowest BCUT2D eigenvalue weighted by Crippen LogP contribution is -2.61. The monoisotopic (exact) mass is 754 g/mol. The van der Waals surface area contributed by atoms with Gasteiger partial charge in [0, 0.05) is 21.8 Å². The van der Waals surface area contributed by atoms with Crippen LogP contribution in [-0.4, -0.2) is 69.0 Å². The topological polar surface area (TPSA) is 168 Å². The van der Waals surface area contributed by atoms with Crippen molar-refractivity contribution >= 4 is 45.4 Å². The molecular formula is C45H50N6O5. The molecule has 0 saturated carbocycles. The third-order valence-electron chi connectivity index (χ3n) is 10.1. The van der Waals surface area contributed by atoms with Gasteiger partial charge in [0.25, 0.3) is 11.8 Å². The van der Waals surface area contributed by atoms with Crippen molar-refractivity contribution in [3.63, 3.8) is 0 Å². The van der Waals surface area contributed by atoms with E-state index in [0.717, 1.165) is 32.9 Å². The normalized spacial score (nSPS) is 13.7. The first kappa shape index (κ1) is 39.5. The third-order valence-corrected chi connectivity index (χ3v) is 10.1. The molecule has 11 heteroatoms. The van der Waals surface area contributed by atoms with Crippen LogP contribution in [0.3, 0.4) is 0 Å². The maximum absolute atomic E-state index is 14.2. The van der Waals surface area contributed by atoms with Crippen LogP contribution in [0.2, 0.25) is 0 Å². The molecule has 7 N–H and O–H groups in total. The van der Waals surface area contributed by atoms with E-state index in [1.807, 2.05) is 137 Å². The van der Waals surface area contributed by atoms with Crippen molar-refractivity contribution in [3.8, 4) is 0 Å². The van der Waals surface area contributed by atoms with E-state index in [1.165, 1.54) is 0 Å². The minimum Gasteiger partial charge on any atom is -0.389 e. The van der Waals surface area contributed by atoms with Gasteiger partial charge in [-0.05, 0) is 60.1 Å². The zero-order chi connectivity index (χ0) is 39.8. The minimum atomic E-state index is -1.29. The van der Waals surface area contributed by atoms with Gasteiger partial charge >= 0.3 is 0 Å². The van der Waals surface area contributed by atoms with Crippen LogP contribution < -0.4 is 21.3 Å². The summed E-state index contributed by atoms with van der Waals surface area (Å²) in [4.78, 5) is 61.5. The molecule has 0 aliphatic rings. The molecule has 2 aromatic heterocycles. The quantitative estimate of drug-likeness (QED) is 0.0675. The predicted molar refractivity (Wildman–Crippen MR) is 219 cm³/mol. The number of carbonyl (C=O) groups excluding carboxylic acids is 4. The molecule has 6 rings (SSSR count). The second-order valence-corrected chi connectivity index (χ2v) is 15.0. The Labute approximate surface area is 326 Å². The van der Waals surface area contributed by atoms with E-state index < -0.39 is 53.9 Å². The van der Waals surface area contributed by atoms with Crippen molar-refractivity contribution < 1.29 is 24.3 Å². The molecular weight excluding hydrogens is 705 g/mol. The largest absolute Gasteiger partial charge is 0.389 e. The lowest BCUT2D eigenvalue weighted by molar-refractivity contribution is -0.126. The molecule has 0 radical (unpaired) electrons. The van der Waals surface area contributed by atoms with E-state index in [0.29, 0.717) is 11.4 Å². The summed E-state index contributed by atoms with van der Waals surface area (Å²) >= 11 is 0. The molecule has 0 fully saturated rings. The summed E-state index contributed by atoms with van der Waals surface area (Å²) in [6.45, 7) is 7.36. The van der Waals surface area contributed by atoms with E-state index in [1.54, 1.807) is 12.1 Å². The molecule has 0 aliphatic carbocycles. The van der Waals surface area contributed by atoms with Crippen molar-refractivity contribution in [2.45, 2.75) is 70.8 Å². The van der Waals surface area contributed by atoms with Gasteiger partial charge < -0.3 is 36.3 Å². The number of nitrogens with one attached hydrogen (secondary N) is 6. The van der Waals surface area contributed by atoms with E-state index in [2.05, 4.69) is 31.2 Å². The van der Waals surface area contributed by atoms with Crippen molar-refractivity contribution in [2.75, 3.05) is 0 Å². The SMILES string of the molecule is CC(C)[C@H](NC(=O)c1cc2ccccc2[nH]1)C(=O)N[C@@H](Cc1ccccc1)C(O)[C@H](Cc1ccccc1)NC(=O)[C@@H](NC(=O)c1cc2ccccc2[nH]1)C(C)C. The standard InChI is InChI=1S/C45H50N6O5/c1-27(2)39(50-42(53)37-25-31-19-11-13-21-33(31)46-37)44(55)48-35(23-29-15-7-5-8-16-29)41(52)36(24-30-17-9-6-10-18-30)49-45(56)40(28(3)4)51-43(54)38-26-32-20-12-14-22-34(32)47-38/h5-22,25-28,35-36,39-41,46-47,52H,23-24H2,1-4H3,(H,48,55)(H,49,56)(H,50,53)(H,51,54)/t35-,36-,39-,40-/m0/s1. The lowest BCUT2D eigenvalue weighted by atomic mass is 9.91. The number of amides is 4. The second kappa shape index (κ2) is 18.0. The predicted octanol–water partition coefficient (Wildman–Crippen LogP) is 5.67. The number of benzene rings is 4. The summed E-state index contributed by atoms with van der Waals surface area (Å²) in [5.74, 6) is -2.41. The molecule has 4 amide bonds. The summed E-state index contributed by atoms with van der Waals surface area (Å²) in [6, 6.07) is 33.8. The second-order valence-electron chi connectivity index (χ2n) is 15.0. The number of aliphatic hydroxyl groups is 1. The van der Waals surface area contributed by atoms with Crippen molar-refractivity contribution in [2.24, 2.45) is 11.8 Å². The Morgan fingerprint density at radius 2 is 0.875 bits per heavy atom. The summed E-state index contributed by atoms with van der Waals surface area (Å²) in [7, 11) is 0. The average molecular weight is 755 g/mol. The highest BCUT2D eigenvalue weighted by Gasteiger charge is 2.36. The number of para-hydroxylation sites is 2. The molecule has 56 heavy (non-hydrogen) atoms. The fourth-order valence-electron chi connectivity index (χ4n) is 6.98. The van der Waals surface area contributed by atoms with Crippen LogP contribution in [0.5, 0.6) is 0 Å². The molecule has 4 atom stereocenters. The van der Waals surface area contributed by atoms with Crippen molar-refractivity contribution in [1.29, 1.82) is 0 Å².